The third-order valence-corrected chi connectivity index (χ3v) is 5.33. The van der Waals surface area contributed by atoms with Crippen molar-refractivity contribution in [1.82, 2.24) is 9.97 Å². The molecule has 2 atom stereocenters. The lowest BCUT2D eigenvalue weighted by molar-refractivity contribution is 0.698. The average molecular weight is 391 g/mol. The number of hydrogen-bond acceptors (Lipinski definition) is 0. The second-order valence-electron chi connectivity index (χ2n) is 8.00. The van der Waals surface area contributed by atoms with E-state index < -0.39 is 0 Å². The second kappa shape index (κ2) is 12.9. The van der Waals surface area contributed by atoms with E-state index in [0.29, 0.717) is 11.8 Å². The van der Waals surface area contributed by atoms with E-state index in [1.807, 2.05) is 0 Å². The van der Waals surface area contributed by atoms with Gasteiger partial charge in [0.1, 0.15) is 0 Å². The summed E-state index contributed by atoms with van der Waals surface area (Å²) in [6.45, 7) is 8.93. The minimum atomic E-state index is 0.652. The maximum atomic E-state index is 3.54. The van der Waals surface area contributed by atoms with Gasteiger partial charge in [0.2, 0.25) is 0 Å². The molecule has 0 radical (unpaired) electrons. The molecule has 2 N–H and O–H groups in total. The number of hydrogen-bond donors (Lipinski definition) is 2. The van der Waals surface area contributed by atoms with Crippen LogP contribution in [0, 0.1) is 11.8 Å². The maximum absolute atomic E-state index is 3.54. The van der Waals surface area contributed by atoms with Crippen LogP contribution in [0.3, 0.4) is 0 Å². The molecule has 0 saturated carbocycles. The first kappa shape index (κ1) is 22.8. The van der Waals surface area contributed by atoms with Gasteiger partial charge in [-0.25, -0.2) is 0 Å². The Morgan fingerprint density at radius 1 is 0.655 bits per heavy atom. The van der Waals surface area contributed by atoms with Crippen LogP contribution in [-0.2, 0) is 19.3 Å². The van der Waals surface area contributed by atoms with E-state index in [1.165, 1.54) is 35.6 Å². The predicted octanol–water partition coefficient (Wildman–Crippen LogP) is 7.34. The molecule has 2 heterocycles. The van der Waals surface area contributed by atoms with Crippen molar-refractivity contribution in [3.63, 3.8) is 0 Å². The first-order valence-corrected chi connectivity index (χ1v) is 11.1. The molecule has 2 nitrogen and oxygen atoms in total. The van der Waals surface area contributed by atoms with Crippen LogP contribution in [0.15, 0.2) is 72.9 Å². The minimum absolute atomic E-state index is 0.652. The third-order valence-electron chi connectivity index (χ3n) is 5.33. The zero-order chi connectivity index (χ0) is 20.9. The summed E-state index contributed by atoms with van der Waals surface area (Å²) >= 11 is 0. The first-order chi connectivity index (χ1) is 14.1. The summed E-state index contributed by atoms with van der Waals surface area (Å²) in [7, 11) is 0. The van der Waals surface area contributed by atoms with E-state index in [4.69, 9.17) is 0 Å². The molecule has 2 unspecified atom stereocenters. The van der Waals surface area contributed by atoms with Crippen LogP contribution >= 0.6 is 0 Å². The Hall–Kier alpha value is -2.48. The number of H-pyrrole nitrogens is 2. The molecule has 0 aliphatic rings. The molecule has 0 aromatic carbocycles. The highest BCUT2D eigenvalue weighted by atomic mass is 14.8. The molecule has 0 amide bonds. The van der Waals surface area contributed by atoms with Gasteiger partial charge < -0.3 is 9.97 Å². The first-order valence-electron chi connectivity index (χ1n) is 11.1. The Kier molecular flexibility index (Phi) is 10.1. The standard InChI is InChI=1S/C27H38N2/c1-5-22(3)13-9-7-11-15-24-17-19-26(28-24)21-27-20-18-25(29-27)16-12-8-10-14-23(4)6-2/h7-14,17-20,22-23,28-29H,5-6,15-16,21H2,1-4H3/b11-7+,12-8+,13-9+,14-10+. The molecule has 2 heteroatoms. The predicted molar refractivity (Wildman–Crippen MR) is 127 cm³/mol. The molecular formula is C27H38N2. The number of aromatic amines is 2. The Balaban J connectivity index is 1.78. The molecule has 0 spiro atoms. The van der Waals surface area contributed by atoms with Gasteiger partial charge in [-0.1, -0.05) is 89.1 Å². The van der Waals surface area contributed by atoms with Crippen molar-refractivity contribution < 1.29 is 0 Å². The van der Waals surface area contributed by atoms with E-state index in [2.05, 4.69) is 111 Å². The van der Waals surface area contributed by atoms with Gasteiger partial charge in [0.15, 0.2) is 0 Å². The smallest absolute Gasteiger partial charge is 0.0278 e. The fourth-order valence-corrected chi connectivity index (χ4v) is 2.96. The van der Waals surface area contributed by atoms with Gasteiger partial charge >= 0.3 is 0 Å². The molecule has 0 saturated heterocycles. The lowest BCUT2D eigenvalue weighted by Gasteiger charge is -1.98. The van der Waals surface area contributed by atoms with Crippen LogP contribution in [0.25, 0.3) is 0 Å². The molecule has 0 aliphatic heterocycles. The Labute approximate surface area is 177 Å². The van der Waals surface area contributed by atoms with Gasteiger partial charge in [-0.05, 0) is 36.1 Å². The van der Waals surface area contributed by atoms with E-state index in [0.717, 1.165) is 19.3 Å². The fourth-order valence-electron chi connectivity index (χ4n) is 2.96. The summed E-state index contributed by atoms with van der Waals surface area (Å²) in [4.78, 5) is 7.08. The van der Waals surface area contributed by atoms with Gasteiger partial charge in [-0.2, -0.15) is 0 Å². The lowest BCUT2D eigenvalue weighted by Crippen LogP contribution is -1.91. The highest BCUT2D eigenvalue weighted by molar-refractivity contribution is 5.24. The van der Waals surface area contributed by atoms with Gasteiger partial charge in [0.25, 0.3) is 0 Å². The van der Waals surface area contributed by atoms with Crippen molar-refractivity contribution in [2.45, 2.75) is 59.8 Å². The number of allylic oxidation sites excluding steroid dienone is 8. The molecule has 156 valence electrons. The van der Waals surface area contributed by atoms with Crippen molar-refractivity contribution in [3.8, 4) is 0 Å². The third kappa shape index (κ3) is 9.04. The summed E-state index contributed by atoms with van der Waals surface area (Å²) in [6, 6.07) is 8.76. The van der Waals surface area contributed by atoms with E-state index in [1.54, 1.807) is 0 Å². The van der Waals surface area contributed by atoms with Crippen molar-refractivity contribution in [1.29, 1.82) is 0 Å². The van der Waals surface area contributed by atoms with Gasteiger partial charge in [-0.15, -0.1) is 0 Å². The summed E-state index contributed by atoms with van der Waals surface area (Å²) in [5, 5.41) is 0. The molecule has 2 aromatic heterocycles. The Bertz CT molecular complexity index is 745. The molecule has 2 rings (SSSR count). The Morgan fingerprint density at radius 2 is 1.07 bits per heavy atom. The molecule has 2 aromatic rings. The summed E-state index contributed by atoms with van der Waals surface area (Å²) < 4.78 is 0. The van der Waals surface area contributed by atoms with E-state index in [-0.39, 0.29) is 0 Å². The van der Waals surface area contributed by atoms with Gasteiger partial charge in [0.05, 0.1) is 0 Å². The van der Waals surface area contributed by atoms with E-state index in [9.17, 15) is 0 Å². The van der Waals surface area contributed by atoms with Crippen LogP contribution in [0.1, 0.15) is 63.3 Å². The van der Waals surface area contributed by atoms with Crippen LogP contribution < -0.4 is 0 Å². The molecule has 0 bridgehead atoms. The fraction of sp³-hybridized carbons (Fsp3) is 0.407. The van der Waals surface area contributed by atoms with Crippen LogP contribution in [0.5, 0.6) is 0 Å². The molecule has 29 heavy (non-hydrogen) atoms. The zero-order valence-corrected chi connectivity index (χ0v) is 18.6. The minimum Gasteiger partial charge on any atom is -0.362 e. The second-order valence-corrected chi connectivity index (χ2v) is 8.00. The van der Waals surface area contributed by atoms with Crippen molar-refractivity contribution >= 4 is 0 Å². The van der Waals surface area contributed by atoms with Crippen LogP contribution in [0.4, 0.5) is 0 Å². The van der Waals surface area contributed by atoms with Gasteiger partial charge in [0, 0.05) is 42.0 Å². The summed E-state index contributed by atoms with van der Waals surface area (Å²) in [5.41, 5.74) is 5.03. The monoisotopic (exact) mass is 390 g/mol. The number of nitrogens with one attached hydrogen (secondary N) is 2. The molecular weight excluding hydrogens is 352 g/mol. The molecule has 0 aliphatic carbocycles. The quantitative estimate of drug-likeness (QED) is 0.355. The van der Waals surface area contributed by atoms with Crippen molar-refractivity contribution in [2.75, 3.05) is 0 Å². The SMILES string of the molecule is CCC(C)/C=C/C=C/Cc1ccc(Cc2ccc(C/C=C/C=C/C(C)CC)[nH]2)[nH]1. The average Bonchev–Trinajstić information content (AvgIpc) is 3.36. The number of aromatic nitrogens is 2. The summed E-state index contributed by atoms with van der Waals surface area (Å²) in [5.74, 6) is 1.30. The lowest BCUT2D eigenvalue weighted by atomic mass is 10.1. The van der Waals surface area contributed by atoms with Gasteiger partial charge in [-0.3, -0.25) is 0 Å². The van der Waals surface area contributed by atoms with Crippen molar-refractivity contribution in [3.05, 3.63) is 95.6 Å². The van der Waals surface area contributed by atoms with E-state index >= 15 is 0 Å². The summed E-state index contributed by atoms with van der Waals surface area (Å²) in [6.07, 6.45) is 22.7. The van der Waals surface area contributed by atoms with Crippen LogP contribution in [0.2, 0.25) is 0 Å². The normalized spacial score (nSPS) is 14.8. The largest absolute Gasteiger partial charge is 0.362 e. The maximum Gasteiger partial charge on any atom is 0.0278 e. The molecule has 0 fully saturated rings. The number of rotatable bonds is 12. The van der Waals surface area contributed by atoms with Crippen LogP contribution in [-0.4, -0.2) is 9.97 Å². The highest BCUT2D eigenvalue weighted by Crippen LogP contribution is 2.11. The Morgan fingerprint density at radius 3 is 1.48 bits per heavy atom. The highest BCUT2D eigenvalue weighted by Gasteiger charge is 2.02. The van der Waals surface area contributed by atoms with Crippen molar-refractivity contribution in [2.24, 2.45) is 11.8 Å². The zero-order valence-electron chi connectivity index (χ0n) is 18.6. The topological polar surface area (TPSA) is 31.6 Å².